The summed E-state index contributed by atoms with van der Waals surface area (Å²) in [6, 6.07) is 3.95. The molecule has 0 spiro atoms. The number of ether oxygens (including phenoxy) is 1. The first-order valence-corrected chi connectivity index (χ1v) is 4.47. The molecule has 3 nitrogen and oxygen atoms in total. The largest absolute Gasteiger partial charge is 0.493 e. The molecule has 0 radical (unpaired) electrons. The van der Waals surface area contributed by atoms with Gasteiger partial charge < -0.3 is 16.2 Å². The van der Waals surface area contributed by atoms with Gasteiger partial charge >= 0.3 is 0 Å². The van der Waals surface area contributed by atoms with Crippen molar-refractivity contribution < 1.29 is 4.74 Å². The molecule has 0 aromatic heterocycles. The molecule has 0 unspecified atom stereocenters. The van der Waals surface area contributed by atoms with Crippen molar-refractivity contribution in [2.75, 3.05) is 12.3 Å². The van der Waals surface area contributed by atoms with E-state index in [9.17, 15) is 0 Å². The Labute approximate surface area is 77.7 Å². The van der Waals surface area contributed by atoms with Crippen LogP contribution in [0.5, 0.6) is 5.75 Å². The topological polar surface area (TPSA) is 61.3 Å². The Morgan fingerprint density at radius 2 is 2.23 bits per heavy atom. The Morgan fingerprint density at radius 1 is 1.46 bits per heavy atom. The zero-order chi connectivity index (χ0) is 9.42. The summed E-state index contributed by atoms with van der Waals surface area (Å²) in [5, 5.41) is 0. The van der Waals surface area contributed by atoms with Crippen molar-refractivity contribution in [3.63, 3.8) is 0 Å². The van der Waals surface area contributed by atoms with E-state index in [4.69, 9.17) is 16.2 Å². The third-order valence-corrected chi connectivity index (χ3v) is 2.55. The molecule has 0 saturated carbocycles. The summed E-state index contributed by atoms with van der Waals surface area (Å²) in [5.41, 5.74) is 14.6. The fourth-order valence-corrected chi connectivity index (χ4v) is 1.65. The predicted octanol–water partition coefficient (Wildman–Crippen LogP) is 1.36. The molecule has 1 aliphatic rings. The second kappa shape index (κ2) is 2.92. The number of nitrogens with two attached hydrogens (primary N) is 2. The van der Waals surface area contributed by atoms with E-state index >= 15 is 0 Å². The quantitative estimate of drug-likeness (QED) is 0.590. The molecule has 0 fully saturated rings. The molecule has 2 rings (SSSR count). The Kier molecular flexibility index (Phi) is 1.88. The van der Waals surface area contributed by atoms with Crippen LogP contribution in [0.4, 0.5) is 5.69 Å². The fraction of sp³-hybridized carbons (Fsp3) is 0.400. The van der Waals surface area contributed by atoms with Crippen LogP contribution in [0.2, 0.25) is 0 Å². The van der Waals surface area contributed by atoms with Crippen LogP contribution >= 0.6 is 0 Å². The van der Waals surface area contributed by atoms with E-state index in [1.165, 1.54) is 0 Å². The van der Waals surface area contributed by atoms with Crippen LogP contribution in [-0.2, 0) is 0 Å². The van der Waals surface area contributed by atoms with E-state index in [1.807, 2.05) is 19.1 Å². The summed E-state index contributed by atoms with van der Waals surface area (Å²) in [5.74, 6) is 0.888. The fourth-order valence-electron chi connectivity index (χ4n) is 1.65. The van der Waals surface area contributed by atoms with Crippen molar-refractivity contribution in [1.29, 1.82) is 0 Å². The normalized spacial score (nSPS) is 20.6. The first-order valence-electron chi connectivity index (χ1n) is 4.47. The van der Waals surface area contributed by atoms with Gasteiger partial charge in [-0.15, -0.1) is 0 Å². The van der Waals surface area contributed by atoms with E-state index in [0.29, 0.717) is 6.61 Å². The van der Waals surface area contributed by atoms with Gasteiger partial charge in [0.05, 0.1) is 6.61 Å². The van der Waals surface area contributed by atoms with Crippen LogP contribution in [0.15, 0.2) is 12.1 Å². The zero-order valence-corrected chi connectivity index (χ0v) is 7.71. The SMILES string of the molecule is Cc1c(N)ccc2c1OCC[C@@H]2N. The van der Waals surface area contributed by atoms with Gasteiger partial charge in [-0.2, -0.15) is 0 Å². The minimum Gasteiger partial charge on any atom is -0.493 e. The number of nitrogen functional groups attached to an aromatic ring is 1. The van der Waals surface area contributed by atoms with Crippen LogP contribution in [0.25, 0.3) is 0 Å². The maximum atomic E-state index is 5.94. The molecule has 13 heavy (non-hydrogen) atoms. The molecule has 70 valence electrons. The summed E-state index contributed by atoms with van der Waals surface area (Å²) < 4.78 is 5.55. The average Bonchev–Trinajstić information content (AvgIpc) is 2.12. The molecule has 0 amide bonds. The van der Waals surface area contributed by atoms with Crippen LogP contribution < -0.4 is 16.2 Å². The molecule has 1 aliphatic heterocycles. The maximum Gasteiger partial charge on any atom is 0.129 e. The van der Waals surface area contributed by atoms with Gasteiger partial charge in [0.15, 0.2) is 0 Å². The molecular formula is C10H14N2O. The minimum atomic E-state index is 0.100. The third kappa shape index (κ3) is 1.25. The van der Waals surface area contributed by atoms with Crippen LogP contribution in [0, 0.1) is 6.92 Å². The molecule has 0 saturated heterocycles. The molecule has 3 heteroatoms. The molecule has 1 heterocycles. The lowest BCUT2D eigenvalue weighted by molar-refractivity contribution is 0.267. The Hall–Kier alpha value is -1.22. The highest BCUT2D eigenvalue weighted by molar-refractivity contribution is 5.58. The number of benzene rings is 1. The first-order chi connectivity index (χ1) is 6.20. The summed E-state index contributed by atoms with van der Waals surface area (Å²) in [4.78, 5) is 0. The minimum absolute atomic E-state index is 0.100. The van der Waals surface area contributed by atoms with Gasteiger partial charge in [0.1, 0.15) is 5.75 Å². The summed E-state index contributed by atoms with van der Waals surface area (Å²) in [7, 11) is 0. The molecule has 1 aromatic rings. The van der Waals surface area contributed by atoms with Gasteiger partial charge in [-0.1, -0.05) is 6.07 Å². The maximum absolute atomic E-state index is 5.94. The first kappa shape index (κ1) is 8.38. The standard InChI is InChI=1S/C10H14N2O/c1-6-8(11)3-2-7-9(12)4-5-13-10(6)7/h2-3,9H,4-5,11-12H2,1H3/t9-/m0/s1. The summed E-state index contributed by atoms with van der Waals surface area (Å²) >= 11 is 0. The molecular weight excluding hydrogens is 164 g/mol. The second-order valence-corrected chi connectivity index (χ2v) is 3.44. The molecule has 0 bridgehead atoms. The average molecular weight is 178 g/mol. The van der Waals surface area contributed by atoms with Gasteiger partial charge in [-0.05, 0) is 13.0 Å². The van der Waals surface area contributed by atoms with E-state index in [1.54, 1.807) is 0 Å². The third-order valence-electron chi connectivity index (χ3n) is 2.55. The van der Waals surface area contributed by atoms with Crippen molar-refractivity contribution >= 4 is 5.69 Å². The number of hydrogen-bond acceptors (Lipinski definition) is 3. The number of hydrogen-bond donors (Lipinski definition) is 2. The van der Waals surface area contributed by atoms with Gasteiger partial charge in [0.2, 0.25) is 0 Å². The second-order valence-electron chi connectivity index (χ2n) is 3.44. The van der Waals surface area contributed by atoms with E-state index in [0.717, 1.165) is 29.0 Å². The lowest BCUT2D eigenvalue weighted by Gasteiger charge is -2.24. The highest BCUT2D eigenvalue weighted by Gasteiger charge is 2.20. The summed E-state index contributed by atoms with van der Waals surface area (Å²) in [6.45, 7) is 2.66. The molecule has 0 aliphatic carbocycles. The monoisotopic (exact) mass is 178 g/mol. The van der Waals surface area contributed by atoms with Gasteiger partial charge in [-0.3, -0.25) is 0 Å². The number of fused-ring (bicyclic) bond motifs is 1. The summed E-state index contributed by atoms with van der Waals surface area (Å²) in [6.07, 6.45) is 0.885. The Bertz CT molecular complexity index is 336. The van der Waals surface area contributed by atoms with Crippen LogP contribution in [-0.4, -0.2) is 6.61 Å². The predicted molar refractivity (Wildman–Crippen MR) is 52.6 cm³/mol. The Balaban J connectivity index is 2.56. The van der Waals surface area contributed by atoms with Crippen LogP contribution in [0.1, 0.15) is 23.6 Å². The molecule has 1 aromatic carbocycles. The van der Waals surface area contributed by atoms with Gasteiger partial charge in [0, 0.05) is 29.3 Å². The molecule has 4 N–H and O–H groups in total. The zero-order valence-electron chi connectivity index (χ0n) is 7.71. The number of anilines is 1. The van der Waals surface area contributed by atoms with Gasteiger partial charge in [0.25, 0.3) is 0 Å². The van der Waals surface area contributed by atoms with Crippen LogP contribution in [0.3, 0.4) is 0 Å². The van der Waals surface area contributed by atoms with Gasteiger partial charge in [-0.25, -0.2) is 0 Å². The lowest BCUT2D eigenvalue weighted by Crippen LogP contribution is -2.21. The van der Waals surface area contributed by atoms with Crippen molar-refractivity contribution in [2.24, 2.45) is 5.73 Å². The van der Waals surface area contributed by atoms with Crippen molar-refractivity contribution in [2.45, 2.75) is 19.4 Å². The van der Waals surface area contributed by atoms with E-state index in [-0.39, 0.29) is 6.04 Å². The lowest BCUT2D eigenvalue weighted by atomic mass is 9.98. The van der Waals surface area contributed by atoms with Crippen molar-refractivity contribution in [3.05, 3.63) is 23.3 Å². The van der Waals surface area contributed by atoms with Crippen molar-refractivity contribution in [3.8, 4) is 5.75 Å². The smallest absolute Gasteiger partial charge is 0.129 e. The van der Waals surface area contributed by atoms with Crippen molar-refractivity contribution in [1.82, 2.24) is 0 Å². The number of rotatable bonds is 0. The highest BCUT2D eigenvalue weighted by Crippen LogP contribution is 2.35. The Morgan fingerprint density at radius 3 is 3.00 bits per heavy atom. The van der Waals surface area contributed by atoms with E-state index in [2.05, 4.69) is 0 Å². The molecule has 1 atom stereocenters. The highest BCUT2D eigenvalue weighted by atomic mass is 16.5. The van der Waals surface area contributed by atoms with E-state index < -0.39 is 0 Å².